The number of hydrogen-bond acceptors (Lipinski definition) is 4. The Morgan fingerprint density at radius 3 is 2.58 bits per heavy atom. The largest absolute Gasteiger partial charge is 0.489 e. The Hall–Kier alpha value is -2.79. The molecule has 0 aliphatic carbocycles. The molecular formula is C18H17ClN2O3. The molecule has 0 saturated carbocycles. The number of para-hydroxylation sites is 2. The smallest absolute Gasteiger partial charge is 0.277 e. The topological polar surface area (TPSA) is 59.9 Å². The number of carbonyl (C=O) groups is 1. The number of halogens is 1. The maximum atomic E-state index is 11.7. The third kappa shape index (κ3) is 5.44. The van der Waals surface area contributed by atoms with Gasteiger partial charge in [-0.3, -0.25) is 4.79 Å². The number of nitrogens with zero attached hydrogens (tertiary/aromatic N) is 1. The lowest BCUT2D eigenvalue weighted by Crippen LogP contribution is -2.24. The molecule has 0 aromatic heterocycles. The first-order valence-electron chi connectivity index (χ1n) is 7.22. The number of carbonyl (C=O) groups excluding carboxylic acids is 1. The molecule has 0 atom stereocenters. The fourth-order valence-corrected chi connectivity index (χ4v) is 1.97. The summed E-state index contributed by atoms with van der Waals surface area (Å²) in [5.74, 6) is 0.708. The number of hydrazone groups is 1. The highest BCUT2D eigenvalue weighted by atomic mass is 35.5. The Morgan fingerprint density at radius 2 is 1.83 bits per heavy atom. The zero-order valence-electron chi connectivity index (χ0n) is 12.9. The van der Waals surface area contributed by atoms with Crippen LogP contribution >= 0.6 is 11.6 Å². The molecule has 1 amide bonds. The summed E-state index contributed by atoms with van der Waals surface area (Å²) < 4.78 is 10.8. The third-order valence-electron chi connectivity index (χ3n) is 2.86. The van der Waals surface area contributed by atoms with Crippen LogP contribution in [-0.2, 0) is 4.79 Å². The van der Waals surface area contributed by atoms with E-state index in [9.17, 15) is 4.79 Å². The number of hydrogen-bond donors (Lipinski definition) is 1. The van der Waals surface area contributed by atoms with Crippen molar-refractivity contribution in [3.63, 3.8) is 0 Å². The molecule has 5 nitrogen and oxygen atoms in total. The molecule has 124 valence electrons. The van der Waals surface area contributed by atoms with E-state index in [1.807, 2.05) is 24.3 Å². The predicted molar refractivity (Wildman–Crippen MR) is 94.8 cm³/mol. The summed E-state index contributed by atoms with van der Waals surface area (Å²) in [4.78, 5) is 11.7. The lowest BCUT2D eigenvalue weighted by atomic mass is 10.2. The van der Waals surface area contributed by atoms with Gasteiger partial charge in [0.1, 0.15) is 18.1 Å². The molecule has 0 saturated heterocycles. The molecular weight excluding hydrogens is 328 g/mol. The van der Waals surface area contributed by atoms with Gasteiger partial charge in [-0.25, -0.2) is 5.43 Å². The van der Waals surface area contributed by atoms with E-state index < -0.39 is 5.91 Å². The minimum Gasteiger partial charge on any atom is -0.489 e. The fourth-order valence-electron chi connectivity index (χ4n) is 1.78. The molecule has 6 heteroatoms. The van der Waals surface area contributed by atoms with Gasteiger partial charge in [0.2, 0.25) is 0 Å². The molecule has 0 aliphatic heterocycles. The van der Waals surface area contributed by atoms with Crippen molar-refractivity contribution in [3.8, 4) is 11.5 Å². The van der Waals surface area contributed by atoms with Gasteiger partial charge in [-0.1, -0.05) is 48.5 Å². The second kappa shape index (κ2) is 9.37. The number of nitrogens with one attached hydrogen (secondary N) is 1. The maximum Gasteiger partial charge on any atom is 0.277 e. The molecule has 0 unspecified atom stereocenters. The van der Waals surface area contributed by atoms with Crippen molar-refractivity contribution in [2.75, 3.05) is 13.2 Å². The number of rotatable bonds is 8. The van der Waals surface area contributed by atoms with Crippen LogP contribution in [0.15, 0.2) is 66.3 Å². The standard InChI is InChI=1S/C18H17ClN2O3/c1-2-11-23-16-9-5-3-7-14(16)12-20-21-18(22)13-24-17-10-6-4-8-15(17)19/h2-10,12H,1,11,13H2,(H,21,22)/b20-12+. The second-order valence-electron chi connectivity index (χ2n) is 4.65. The average Bonchev–Trinajstić information content (AvgIpc) is 2.60. The predicted octanol–water partition coefficient (Wildman–Crippen LogP) is 3.43. The van der Waals surface area contributed by atoms with Crippen LogP contribution in [0.5, 0.6) is 11.5 Å². The molecule has 0 fully saturated rings. The average molecular weight is 345 g/mol. The molecule has 2 aromatic carbocycles. The van der Waals surface area contributed by atoms with E-state index in [-0.39, 0.29) is 6.61 Å². The van der Waals surface area contributed by atoms with Crippen LogP contribution < -0.4 is 14.9 Å². The minimum absolute atomic E-state index is 0.185. The lowest BCUT2D eigenvalue weighted by Gasteiger charge is -2.07. The first-order chi connectivity index (χ1) is 11.7. The van der Waals surface area contributed by atoms with Crippen LogP contribution in [0.1, 0.15) is 5.56 Å². The molecule has 1 N–H and O–H groups in total. The second-order valence-corrected chi connectivity index (χ2v) is 5.06. The Bertz CT molecular complexity index is 732. The highest BCUT2D eigenvalue weighted by Gasteiger charge is 2.04. The zero-order chi connectivity index (χ0) is 17.2. The van der Waals surface area contributed by atoms with E-state index in [4.69, 9.17) is 21.1 Å². The van der Waals surface area contributed by atoms with Crippen LogP contribution in [-0.4, -0.2) is 25.3 Å². The summed E-state index contributed by atoms with van der Waals surface area (Å²) in [6.07, 6.45) is 3.16. The van der Waals surface area contributed by atoms with Crippen molar-refractivity contribution in [2.45, 2.75) is 0 Å². The number of ether oxygens (including phenoxy) is 2. The van der Waals surface area contributed by atoms with E-state index in [1.54, 1.807) is 30.3 Å². The normalized spacial score (nSPS) is 10.4. The van der Waals surface area contributed by atoms with Gasteiger partial charge in [-0.15, -0.1) is 0 Å². The molecule has 0 spiro atoms. The summed E-state index contributed by atoms with van der Waals surface area (Å²) in [6.45, 7) is 3.81. The minimum atomic E-state index is -0.393. The van der Waals surface area contributed by atoms with Gasteiger partial charge >= 0.3 is 0 Å². The number of amides is 1. The molecule has 2 aromatic rings. The quantitative estimate of drug-likeness (QED) is 0.453. The van der Waals surface area contributed by atoms with Crippen molar-refractivity contribution in [2.24, 2.45) is 5.10 Å². The molecule has 0 aliphatic rings. The van der Waals surface area contributed by atoms with Crippen molar-refractivity contribution >= 4 is 23.7 Å². The molecule has 24 heavy (non-hydrogen) atoms. The fraction of sp³-hybridized carbons (Fsp3) is 0.111. The summed E-state index contributed by atoms with van der Waals surface area (Å²) in [7, 11) is 0. The zero-order valence-corrected chi connectivity index (χ0v) is 13.7. The Kier molecular flexibility index (Phi) is 6.86. The van der Waals surface area contributed by atoms with Crippen molar-refractivity contribution < 1.29 is 14.3 Å². The summed E-state index contributed by atoms with van der Waals surface area (Å²) in [6, 6.07) is 14.3. The maximum absolute atomic E-state index is 11.7. The van der Waals surface area contributed by atoms with Crippen LogP contribution in [0.4, 0.5) is 0 Å². The Balaban J connectivity index is 1.86. The van der Waals surface area contributed by atoms with E-state index in [1.165, 1.54) is 6.21 Å². The first-order valence-corrected chi connectivity index (χ1v) is 7.60. The van der Waals surface area contributed by atoms with E-state index >= 15 is 0 Å². The molecule has 0 bridgehead atoms. The van der Waals surface area contributed by atoms with Gasteiger partial charge < -0.3 is 9.47 Å². The van der Waals surface area contributed by atoms with Gasteiger partial charge in [0, 0.05) is 5.56 Å². The lowest BCUT2D eigenvalue weighted by molar-refractivity contribution is -0.123. The number of benzene rings is 2. The van der Waals surface area contributed by atoms with Crippen molar-refractivity contribution in [3.05, 3.63) is 71.8 Å². The van der Waals surface area contributed by atoms with Crippen molar-refractivity contribution in [1.29, 1.82) is 0 Å². The Labute approximate surface area is 145 Å². The van der Waals surface area contributed by atoms with E-state index in [0.29, 0.717) is 23.1 Å². The molecule has 2 rings (SSSR count). The van der Waals surface area contributed by atoms with E-state index in [2.05, 4.69) is 17.1 Å². The Morgan fingerprint density at radius 1 is 1.12 bits per heavy atom. The summed E-state index contributed by atoms with van der Waals surface area (Å²) in [5.41, 5.74) is 3.13. The monoisotopic (exact) mass is 344 g/mol. The van der Waals surface area contributed by atoms with Gasteiger partial charge in [-0.05, 0) is 24.3 Å². The molecule has 0 heterocycles. The highest BCUT2D eigenvalue weighted by Crippen LogP contribution is 2.22. The third-order valence-corrected chi connectivity index (χ3v) is 3.18. The van der Waals surface area contributed by atoms with Gasteiger partial charge in [0.15, 0.2) is 6.61 Å². The van der Waals surface area contributed by atoms with Gasteiger partial charge in [0.25, 0.3) is 5.91 Å². The van der Waals surface area contributed by atoms with Crippen LogP contribution in [0.3, 0.4) is 0 Å². The summed E-state index contributed by atoms with van der Waals surface area (Å²) in [5, 5.41) is 4.35. The SMILES string of the molecule is C=CCOc1ccccc1/C=N/NC(=O)COc1ccccc1Cl. The van der Waals surface area contributed by atoms with Crippen LogP contribution in [0.25, 0.3) is 0 Å². The highest BCUT2D eigenvalue weighted by molar-refractivity contribution is 6.32. The van der Waals surface area contributed by atoms with Crippen LogP contribution in [0.2, 0.25) is 5.02 Å². The van der Waals surface area contributed by atoms with E-state index in [0.717, 1.165) is 5.56 Å². The molecule has 0 radical (unpaired) electrons. The van der Waals surface area contributed by atoms with Crippen molar-refractivity contribution in [1.82, 2.24) is 5.43 Å². The van der Waals surface area contributed by atoms with Crippen LogP contribution in [0, 0.1) is 0 Å². The van der Waals surface area contributed by atoms with Gasteiger partial charge in [-0.2, -0.15) is 5.10 Å². The summed E-state index contributed by atoms with van der Waals surface area (Å²) >= 11 is 5.94. The first kappa shape index (κ1) is 17.6. The van der Waals surface area contributed by atoms with Gasteiger partial charge in [0.05, 0.1) is 11.2 Å².